The van der Waals surface area contributed by atoms with Gasteiger partial charge in [-0.05, 0) is 31.4 Å². The molecule has 1 heterocycles. The summed E-state index contributed by atoms with van der Waals surface area (Å²) in [5.41, 5.74) is 2.72. The Hall–Kier alpha value is -2.26. The lowest BCUT2D eigenvalue weighted by Gasteiger charge is -2.29. The van der Waals surface area contributed by atoms with Crippen LogP contribution in [-0.4, -0.2) is 30.8 Å². The Morgan fingerprint density at radius 3 is 2.20 bits per heavy atom. The minimum absolute atomic E-state index is 0.144. The van der Waals surface area contributed by atoms with Crippen molar-refractivity contribution >= 4 is 26.5 Å². The summed E-state index contributed by atoms with van der Waals surface area (Å²) in [4.78, 5) is 7.60. The number of anilines is 1. The van der Waals surface area contributed by atoms with E-state index in [1.54, 1.807) is 0 Å². The fourth-order valence-corrected chi connectivity index (χ4v) is 4.85. The summed E-state index contributed by atoms with van der Waals surface area (Å²) < 4.78 is 25.2. The van der Waals surface area contributed by atoms with Crippen LogP contribution in [0, 0.1) is 6.92 Å². The minimum atomic E-state index is -3.55. The zero-order valence-electron chi connectivity index (χ0n) is 17.3. The van der Waals surface area contributed by atoms with Crippen LogP contribution in [0.25, 0.3) is 0 Å². The zero-order valence-corrected chi connectivity index (χ0v) is 19.0. The zero-order chi connectivity index (χ0) is 21.7. The third kappa shape index (κ3) is 6.12. The summed E-state index contributed by atoms with van der Waals surface area (Å²) in [7, 11) is -3.55. The molecule has 0 saturated carbocycles. The van der Waals surface area contributed by atoms with Gasteiger partial charge in [0, 0.05) is 17.5 Å². The number of benzene rings is 2. The molecule has 8 heteroatoms. The Bertz CT molecular complexity index is 1050. The highest BCUT2D eigenvalue weighted by atomic mass is 32.2. The molecule has 160 valence electrons. The van der Waals surface area contributed by atoms with Gasteiger partial charge in [0.25, 0.3) is 0 Å². The second-order valence-corrected chi connectivity index (χ2v) is 10.3. The van der Waals surface area contributed by atoms with E-state index in [0.29, 0.717) is 12.2 Å². The lowest BCUT2D eigenvalue weighted by Crippen LogP contribution is -2.34. The van der Waals surface area contributed by atoms with Gasteiger partial charge in [-0.3, -0.25) is 0 Å². The number of aryl methyl sites for hydroxylation is 1. The van der Waals surface area contributed by atoms with Crippen molar-refractivity contribution < 1.29 is 13.5 Å². The first-order chi connectivity index (χ1) is 14.2. The quantitative estimate of drug-likeness (QED) is 0.492. The maximum absolute atomic E-state index is 11.5. The molecule has 30 heavy (non-hydrogen) atoms. The van der Waals surface area contributed by atoms with Crippen LogP contribution in [-0.2, 0) is 23.0 Å². The first kappa shape index (κ1) is 22.4. The fourth-order valence-electron chi connectivity index (χ4n) is 3.29. The Morgan fingerprint density at radius 1 is 1.07 bits per heavy atom. The highest BCUT2D eigenvalue weighted by Crippen LogP contribution is 2.31. The molecule has 2 unspecified atom stereocenters. The number of aliphatic hydroxyl groups is 1. The van der Waals surface area contributed by atoms with Gasteiger partial charge in [-0.1, -0.05) is 60.7 Å². The lowest BCUT2D eigenvalue weighted by molar-refractivity contribution is 0.162. The van der Waals surface area contributed by atoms with Crippen LogP contribution in [0.5, 0.6) is 0 Å². The number of hydrogen-bond acceptors (Lipinski definition) is 6. The number of aromatic nitrogens is 1. The molecular weight excluding hydrogens is 418 g/mol. The Balaban J connectivity index is 1.90. The molecule has 3 rings (SSSR count). The molecule has 0 aliphatic rings. The molecule has 0 spiro atoms. The van der Waals surface area contributed by atoms with Gasteiger partial charge in [0.2, 0.25) is 10.0 Å². The van der Waals surface area contributed by atoms with E-state index in [2.05, 4.69) is 45.8 Å². The normalized spacial score (nSPS) is 13.7. The number of thiazole rings is 1. The summed E-state index contributed by atoms with van der Waals surface area (Å²) in [6.07, 6.45) is 0.488. The first-order valence-electron chi connectivity index (χ1n) is 9.70. The predicted octanol–water partition coefficient (Wildman–Crippen LogP) is 3.63. The van der Waals surface area contributed by atoms with Gasteiger partial charge < -0.3 is 10.0 Å². The third-order valence-electron chi connectivity index (χ3n) is 4.75. The van der Waals surface area contributed by atoms with Gasteiger partial charge in [0.15, 0.2) is 11.4 Å². The van der Waals surface area contributed by atoms with Crippen LogP contribution in [0.3, 0.4) is 0 Å². The molecule has 3 aromatic rings. The number of nitrogens with one attached hydrogen (secondary N) is 1. The van der Waals surface area contributed by atoms with Crippen molar-refractivity contribution in [3.63, 3.8) is 0 Å². The van der Waals surface area contributed by atoms with Crippen molar-refractivity contribution in [2.24, 2.45) is 0 Å². The molecule has 1 aromatic heterocycles. The highest BCUT2D eigenvalue weighted by molar-refractivity contribution is 7.88. The van der Waals surface area contributed by atoms with Gasteiger partial charge in [0.05, 0.1) is 6.26 Å². The van der Waals surface area contributed by atoms with E-state index in [1.807, 2.05) is 43.3 Å². The molecule has 0 aliphatic heterocycles. The molecule has 6 nitrogen and oxygen atoms in total. The molecule has 0 amide bonds. The molecule has 0 fully saturated rings. The molecule has 2 N–H and O–H groups in total. The maximum Gasteiger partial charge on any atom is 0.211 e. The van der Waals surface area contributed by atoms with E-state index in [4.69, 9.17) is 0 Å². The van der Waals surface area contributed by atoms with Crippen LogP contribution in [0.2, 0.25) is 0 Å². The molecule has 0 aliphatic carbocycles. The Morgan fingerprint density at radius 2 is 1.63 bits per heavy atom. The van der Waals surface area contributed by atoms with E-state index >= 15 is 0 Å². The van der Waals surface area contributed by atoms with E-state index in [9.17, 15) is 13.5 Å². The molecular formula is C22H27N3O3S2. The van der Waals surface area contributed by atoms with Crippen molar-refractivity contribution in [1.29, 1.82) is 0 Å². The largest absolute Gasteiger partial charge is 0.372 e. The third-order valence-corrected chi connectivity index (χ3v) is 6.43. The molecule has 0 saturated heterocycles. The second-order valence-electron chi connectivity index (χ2n) is 7.38. The van der Waals surface area contributed by atoms with E-state index in [0.717, 1.165) is 28.2 Å². The molecule has 2 atom stereocenters. The van der Waals surface area contributed by atoms with Crippen LogP contribution < -0.4 is 9.62 Å². The summed E-state index contributed by atoms with van der Waals surface area (Å²) in [5.74, 6) is 0. The average molecular weight is 446 g/mol. The van der Waals surface area contributed by atoms with Crippen molar-refractivity contribution in [3.05, 3.63) is 82.4 Å². The van der Waals surface area contributed by atoms with E-state index < -0.39 is 16.3 Å². The lowest BCUT2D eigenvalue weighted by atomic mass is 10.1. The van der Waals surface area contributed by atoms with Crippen molar-refractivity contribution in [3.8, 4) is 0 Å². The molecule has 2 aromatic carbocycles. The van der Waals surface area contributed by atoms with Crippen LogP contribution in [0.1, 0.15) is 34.8 Å². The Kier molecular flexibility index (Phi) is 7.25. The summed E-state index contributed by atoms with van der Waals surface area (Å²) in [6.45, 7) is 4.65. The van der Waals surface area contributed by atoms with Gasteiger partial charge >= 0.3 is 0 Å². The Labute approximate surface area is 182 Å². The standard InChI is InChI=1S/C22H27N3O3S2/c1-16(14-18-10-6-4-7-11-18)25(15-19-12-8-5-9-13-19)22-23-20(17(2)29-22)21(26)24-30(3,27)28/h4-13,16,21,24,26H,14-15H2,1-3H3. The number of rotatable bonds is 9. The number of hydrogen-bond donors (Lipinski definition) is 2. The summed E-state index contributed by atoms with van der Waals surface area (Å²) in [6, 6.07) is 20.6. The average Bonchev–Trinajstić information content (AvgIpc) is 3.08. The second kappa shape index (κ2) is 9.70. The monoisotopic (exact) mass is 445 g/mol. The fraction of sp³-hybridized carbons (Fsp3) is 0.318. The van der Waals surface area contributed by atoms with Gasteiger partial charge in [0.1, 0.15) is 5.69 Å². The van der Waals surface area contributed by atoms with Crippen LogP contribution >= 0.6 is 11.3 Å². The molecule has 0 radical (unpaired) electrons. The van der Waals surface area contributed by atoms with Gasteiger partial charge in [-0.2, -0.15) is 4.72 Å². The first-order valence-corrected chi connectivity index (χ1v) is 12.4. The highest BCUT2D eigenvalue weighted by Gasteiger charge is 2.24. The number of aliphatic hydroxyl groups excluding tert-OH is 1. The minimum Gasteiger partial charge on any atom is -0.372 e. The van der Waals surface area contributed by atoms with Crippen molar-refractivity contribution in [1.82, 2.24) is 9.71 Å². The summed E-state index contributed by atoms with van der Waals surface area (Å²) in [5, 5.41) is 11.1. The molecule has 0 bridgehead atoms. The topological polar surface area (TPSA) is 82.5 Å². The number of sulfonamides is 1. The van der Waals surface area contributed by atoms with Crippen molar-refractivity contribution in [2.45, 2.75) is 39.1 Å². The SMILES string of the molecule is Cc1sc(N(Cc2ccccc2)C(C)Cc2ccccc2)nc1C(O)NS(C)(=O)=O. The maximum atomic E-state index is 11.5. The van der Waals surface area contributed by atoms with E-state index in [-0.39, 0.29) is 6.04 Å². The van der Waals surface area contributed by atoms with Crippen LogP contribution in [0.4, 0.5) is 5.13 Å². The van der Waals surface area contributed by atoms with E-state index in [1.165, 1.54) is 16.9 Å². The van der Waals surface area contributed by atoms with Crippen molar-refractivity contribution in [2.75, 3.05) is 11.2 Å². The summed E-state index contributed by atoms with van der Waals surface area (Å²) >= 11 is 1.45. The van der Waals surface area contributed by atoms with Gasteiger partial charge in [-0.15, -0.1) is 11.3 Å². The smallest absolute Gasteiger partial charge is 0.211 e. The number of nitrogens with zero attached hydrogens (tertiary/aromatic N) is 2. The van der Waals surface area contributed by atoms with Crippen LogP contribution in [0.15, 0.2) is 60.7 Å². The van der Waals surface area contributed by atoms with Gasteiger partial charge in [-0.25, -0.2) is 13.4 Å². The predicted molar refractivity (Wildman–Crippen MR) is 122 cm³/mol.